The standard InChI is InChI=1S/C32H23N4OP/c37-38(26-8-2-1-3-9-26,27-18-14-24(15-19-27)35-22-33-29-10-4-6-12-31(29)35)28-20-16-25(17-21-28)36-23-34-30-11-5-7-13-32(30)36/h1-23H. The molecule has 0 atom stereocenters. The number of fused-ring (bicyclic) bond motifs is 2. The van der Waals surface area contributed by atoms with Gasteiger partial charge in [-0.3, -0.25) is 9.13 Å². The molecule has 0 fully saturated rings. The molecule has 0 amide bonds. The molecule has 7 rings (SSSR count). The number of hydrogen-bond acceptors (Lipinski definition) is 3. The highest BCUT2D eigenvalue weighted by Crippen LogP contribution is 2.42. The minimum Gasteiger partial charge on any atom is -0.309 e. The second-order valence-corrected chi connectivity index (χ2v) is 12.0. The first kappa shape index (κ1) is 22.5. The van der Waals surface area contributed by atoms with E-state index in [-0.39, 0.29) is 0 Å². The second-order valence-electron chi connectivity index (χ2n) is 9.18. The minimum atomic E-state index is -3.12. The highest BCUT2D eigenvalue weighted by Gasteiger charge is 2.29. The van der Waals surface area contributed by atoms with E-state index in [0.717, 1.165) is 49.4 Å². The highest BCUT2D eigenvalue weighted by atomic mass is 31.2. The van der Waals surface area contributed by atoms with Crippen molar-refractivity contribution in [1.29, 1.82) is 0 Å². The number of nitrogens with zero attached hydrogens (tertiary/aromatic N) is 4. The van der Waals surface area contributed by atoms with Crippen molar-refractivity contribution in [2.45, 2.75) is 0 Å². The Morgan fingerprint density at radius 3 is 1.32 bits per heavy atom. The molecule has 0 aliphatic heterocycles. The van der Waals surface area contributed by atoms with Gasteiger partial charge in [-0.2, -0.15) is 0 Å². The third-order valence-corrected chi connectivity index (χ3v) is 10.1. The van der Waals surface area contributed by atoms with E-state index in [1.807, 2.05) is 128 Å². The van der Waals surface area contributed by atoms with E-state index in [1.54, 1.807) is 0 Å². The predicted octanol–water partition coefficient (Wildman–Crippen LogP) is 6.00. The van der Waals surface area contributed by atoms with E-state index in [4.69, 9.17) is 0 Å². The summed E-state index contributed by atoms with van der Waals surface area (Å²) in [6.45, 7) is 0. The van der Waals surface area contributed by atoms with Gasteiger partial charge in [-0.15, -0.1) is 0 Å². The molecule has 7 aromatic rings. The Morgan fingerprint density at radius 1 is 0.447 bits per heavy atom. The lowest BCUT2D eigenvalue weighted by Crippen LogP contribution is -2.25. The molecule has 38 heavy (non-hydrogen) atoms. The summed E-state index contributed by atoms with van der Waals surface area (Å²) in [5.41, 5.74) is 5.91. The van der Waals surface area contributed by atoms with E-state index in [0.29, 0.717) is 0 Å². The number of para-hydroxylation sites is 4. The van der Waals surface area contributed by atoms with Crippen molar-refractivity contribution in [2.75, 3.05) is 0 Å². The molecule has 5 nitrogen and oxygen atoms in total. The van der Waals surface area contributed by atoms with E-state index in [9.17, 15) is 0 Å². The topological polar surface area (TPSA) is 52.7 Å². The van der Waals surface area contributed by atoms with Gasteiger partial charge in [-0.25, -0.2) is 9.97 Å². The van der Waals surface area contributed by atoms with Crippen LogP contribution in [0.1, 0.15) is 0 Å². The molecule has 0 radical (unpaired) electrons. The predicted molar refractivity (Wildman–Crippen MR) is 155 cm³/mol. The fourth-order valence-corrected chi connectivity index (χ4v) is 7.69. The van der Waals surface area contributed by atoms with Crippen LogP contribution in [0.3, 0.4) is 0 Å². The van der Waals surface area contributed by atoms with Gasteiger partial charge in [0.25, 0.3) is 0 Å². The van der Waals surface area contributed by atoms with E-state index in [2.05, 4.69) is 31.2 Å². The molecule has 6 heteroatoms. The average molecular weight is 511 g/mol. The van der Waals surface area contributed by atoms with E-state index < -0.39 is 7.14 Å². The lowest BCUT2D eigenvalue weighted by molar-refractivity contribution is 0.592. The quantitative estimate of drug-likeness (QED) is 0.267. The summed E-state index contributed by atoms with van der Waals surface area (Å²) in [5, 5.41) is 2.39. The van der Waals surface area contributed by atoms with Gasteiger partial charge in [0.05, 0.1) is 22.1 Å². The minimum absolute atomic E-state index is 0.790. The molecule has 0 aliphatic rings. The molecule has 2 aromatic heterocycles. The van der Waals surface area contributed by atoms with Gasteiger partial charge in [0.15, 0.2) is 7.14 Å². The summed E-state index contributed by atoms with van der Waals surface area (Å²) < 4.78 is 19.1. The number of hydrogen-bond donors (Lipinski definition) is 0. The van der Waals surface area contributed by atoms with Crippen molar-refractivity contribution in [1.82, 2.24) is 19.1 Å². The Bertz CT molecular complexity index is 1820. The van der Waals surface area contributed by atoms with Crippen LogP contribution >= 0.6 is 7.14 Å². The molecule has 0 bridgehead atoms. The normalized spacial score (nSPS) is 11.8. The zero-order valence-electron chi connectivity index (χ0n) is 20.4. The van der Waals surface area contributed by atoms with Crippen LogP contribution in [0.2, 0.25) is 0 Å². The first-order chi connectivity index (χ1) is 18.7. The number of aromatic nitrogens is 4. The zero-order valence-corrected chi connectivity index (χ0v) is 21.3. The van der Waals surface area contributed by atoms with Crippen molar-refractivity contribution >= 4 is 45.1 Å². The molecule has 0 saturated heterocycles. The molecule has 0 aliphatic carbocycles. The van der Waals surface area contributed by atoms with Crippen molar-refractivity contribution in [3.05, 3.63) is 140 Å². The Labute approximate surface area is 220 Å². The largest absolute Gasteiger partial charge is 0.309 e. The Hall–Kier alpha value is -4.73. The van der Waals surface area contributed by atoms with Crippen LogP contribution in [-0.2, 0) is 4.57 Å². The van der Waals surface area contributed by atoms with Gasteiger partial charge in [0.1, 0.15) is 12.7 Å². The first-order valence-electron chi connectivity index (χ1n) is 12.4. The maximum absolute atomic E-state index is 15.0. The lowest BCUT2D eigenvalue weighted by atomic mass is 10.3. The van der Waals surface area contributed by atoms with Crippen molar-refractivity contribution in [3.8, 4) is 11.4 Å². The number of benzene rings is 5. The molecule has 2 heterocycles. The Balaban J connectivity index is 1.31. The Kier molecular flexibility index (Phi) is 5.31. The first-order valence-corrected chi connectivity index (χ1v) is 14.1. The summed E-state index contributed by atoms with van der Waals surface area (Å²) in [4.78, 5) is 9.02. The van der Waals surface area contributed by atoms with E-state index >= 15 is 4.57 Å². The van der Waals surface area contributed by atoms with Gasteiger partial charge in [0.2, 0.25) is 0 Å². The van der Waals surface area contributed by atoms with Gasteiger partial charge < -0.3 is 4.57 Å². The summed E-state index contributed by atoms with van der Waals surface area (Å²) in [6, 6.07) is 41.8. The SMILES string of the molecule is O=P(c1ccccc1)(c1ccc(-n2cnc3ccccc32)cc1)c1ccc(-n2cnc3ccccc32)cc1. The third-order valence-electron chi connectivity index (χ3n) is 7.01. The van der Waals surface area contributed by atoms with Crippen LogP contribution in [0.15, 0.2) is 140 Å². The van der Waals surface area contributed by atoms with Crippen LogP contribution in [0.4, 0.5) is 0 Å². The monoisotopic (exact) mass is 510 g/mol. The second kappa shape index (κ2) is 8.98. The van der Waals surface area contributed by atoms with Crippen molar-refractivity contribution < 1.29 is 4.57 Å². The zero-order chi connectivity index (χ0) is 25.5. The lowest BCUT2D eigenvalue weighted by Gasteiger charge is -2.21. The van der Waals surface area contributed by atoms with Crippen LogP contribution < -0.4 is 15.9 Å². The molecule has 0 saturated carbocycles. The molecule has 5 aromatic carbocycles. The van der Waals surface area contributed by atoms with Crippen LogP contribution in [0.5, 0.6) is 0 Å². The van der Waals surface area contributed by atoms with Gasteiger partial charge in [-0.1, -0.05) is 54.6 Å². The third kappa shape index (κ3) is 3.60. The fraction of sp³-hybridized carbons (Fsp3) is 0. The molecular weight excluding hydrogens is 487 g/mol. The molecule has 0 spiro atoms. The smallest absolute Gasteiger partial charge is 0.171 e. The highest BCUT2D eigenvalue weighted by molar-refractivity contribution is 7.85. The summed E-state index contributed by atoms with van der Waals surface area (Å²) in [5.74, 6) is 0. The maximum atomic E-state index is 15.0. The average Bonchev–Trinajstić information content (AvgIpc) is 3.62. The summed E-state index contributed by atoms with van der Waals surface area (Å²) in [7, 11) is -3.12. The molecular formula is C32H23N4OP. The number of rotatable bonds is 5. The maximum Gasteiger partial charge on any atom is 0.171 e. The van der Waals surface area contributed by atoms with Gasteiger partial charge in [0, 0.05) is 27.3 Å². The number of imidazole rings is 2. The van der Waals surface area contributed by atoms with Gasteiger partial charge in [-0.05, 0) is 72.8 Å². The fourth-order valence-electron chi connectivity index (χ4n) is 5.06. The van der Waals surface area contributed by atoms with Crippen LogP contribution in [0, 0.1) is 0 Å². The molecule has 0 N–H and O–H groups in total. The van der Waals surface area contributed by atoms with Crippen LogP contribution in [-0.4, -0.2) is 19.1 Å². The van der Waals surface area contributed by atoms with Crippen molar-refractivity contribution in [2.24, 2.45) is 0 Å². The van der Waals surface area contributed by atoms with Crippen LogP contribution in [0.25, 0.3) is 33.4 Å². The molecule has 0 unspecified atom stereocenters. The summed E-state index contributed by atoms with van der Waals surface area (Å²) >= 11 is 0. The summed E-state index contributed by atoms with van der Waals surface area (Å²) in [6.07, 6.45) is 3.66. The van der Waals surface area contributed by atoms with E-state index in [1.165, 1.54) is 0 Å². The molecule has 182 valence electrons. The van der Waals surface area contributed by atoms with Crippen molar-refractivity contribution in [3.63, 3.8) is 0 Å². The Morgan fingerprint density at radius 2 is 0.842 bits per heavy atom. The van der Waals surface area contributed by atoms with Gasteiger partial charge >= 0.3 is 0 Å².